The maximum atomic E-state index is 9.08. The van der Waals surface area contributed by atoms with Crippen molar-refractivity contribution >= 4 is 17.3 Å². The van der Waals surface area contributed by atoms with Gasteiger partial charge in [0.15, 0.2) is 5.65 Å². The predicted molar refractivity (Wildman–Crippen MR) is 99.6 cm³/mol. The fourth-order valence-electron chi connectivity index (χ4n) is 2.63. The Morgan fingerprint density at radius 3 is 2.85 bits per heavy atom. The standard InChI is InChI=1S/C19H15N7O/c1-2-27-16-5-3-15(4-6-16)23-19-24-18-17(22-7-8-26(18)25-19)14-9-13(10-20)11-21-12-14/h3-9,11-12H,2H2,1H3,(H,23,25). The van der Waals surface area contributed by atoms with Crippen LogP contribution in [0.25, 0.3) is 16.9 Å². The highest BCUT2D eigenvalue weighted by Crippen LogP contribution is 2.23. The average molecular weight is 357 g/mol. The largest absolute Gasteiger partial charge is 0.494 e. The van der Waals surface area contributed by atoms with Crippen LogP contribution in [-0.2, 0) is 0 Å². The zero-order valence-corrected chi connectivity index (χ0v) is 14.5. The molecule has 0 saturated carbocycles. The maximum Gasteiger partial charge on any atom is 0.247 e. The lowest BCUT2D eigenvalue weighted by atomic mass is 10.1. The number of hydrogen-bond donors (Lipinski definition) is 1. The Morgan fingerprint density at radius 1 is 1.22 bits per heavy atom. The summed E-state index contributed by atoms with van der Waals surface area (Å²) in [5.74, 6) is 1.25. The van der Waals surface area contributed by atoms with Gasteiger partial charge in [0, 0.05) is 36.0 Å². The van der Waals surface area contributed by atoms with Gasteiger partial charge in [-0.3, -0.25) is 9.97 Å². The molecule has 0 spiro atoms. The van der Waals surface area contributed by atoms with Crippen LogP contribution in [0.5, 0.6) is 5.75 Å². The average Bonchev–Trinajstić information content (AvgIpc) is 3.12. The van der Waals surface area contributed by atoms with E-state index < -0.39 is 0 Å². The second-order valence-electron chi connectivity index (χ2n) is 5.64. The molecule has 3 heterocycles. The zero-order valence-electron chi connectivity index (χ0n) is 14.5. The number of ether oxygens (including phenoxy) is 1. The van der Waals surface area contributed by atoms with Crippen LogP contribution in [0.2, 0.25) is 0 Å². The lowest BCUT2D eigenvalue weighted by Gasteiger charge is -2.04. The van der Waals surface area contributed by atoms with E-state index in [1.54, 1.807) is 29.2 Å². The highest BCUT2D eigenvalue weighted by molar-refractivity contribution is 5.74. The number of fused-ring (bicyclic) bond motifs is 1. The van der Waals surface area contributed by atoms with Gasteiger partial charge in [-0.1, -0.05) is 0 Å². The molecule has 0 bridgehead atoms. The topological polar surface area (TPSA) is 101 Å². The van der Waals surface area contributed by atoms with Crippen molar-refractivity contribution in [1.29, 1.82) is 5.26 Å². The van der Waals surface area contributed by atoms with Crippen LogP contribution in [0.4, 0.5) is 11.6 Å². The normalized spacial score (nSPS) is 10.5. The minimum Gasteiger partial charge on any atom is -0.494 e. The van der Waals surface area contributed by atoms with E-state index in [1.807, 2.05) is 31.2 Å². The molecule has 3 aromatic heterocycles. The molecule has 0 aliphatic heterocycles. The van der Waals surface area contributed by atoms with E-state index in [1.165, 1.54) is 6.20 Å². The van der Waals surface area contributed by atoms with Crippen LogP contribution in [0, 0.1) is 11.3 Å². The van der Waals surface area contributed by atoms with Crippen molar-refractivity contribution in [3.05, 3.63) is 60.7 Å². The number of nitriles is 1. The molecule has 132 valence electrons. The molecule has 0 saturated heterocycles. The van der Waals surface area contributed by atoms with Gasteiger partial charge < -0.3 is 10.1 Å². The quantitative estimate of drug-likeness (QED) is 0.585. The maximum absolute atomic E-state index is 9.08. The van der Waals surface area contributed by atoms with Crippen LogP contribution >= 0.6 is 0 Å². The number of anilines is 2. The molecule has 0 amide bonds. The van der Waals surface area contributed by atoms with Crippen LogP contribution in [0.15, 0.2) is 55.1 Å². The van der Waals surface area contributed by atoms with Gasteiger partial charge in [0.25, 0.3) is 0 Å². The number of nitrogens with one attached hydrogen (secondary N) is 1. The first kappa shape index (κ1) is 16.5. The Balaban J connectivity index is 1.67. The second-order valence-corrected chi connectivity index (χ2v) is 5.64. The predicted octanol–water partition coefficient (Wildman–Crippen LogP) is 3.20. The van der Waals surface area contributed by atoms with Gasteiger partial charge >= 0.3 is 0 Å². The van der Waals surface area contributed by atoms with Crippen LogP contribution in [-0.4, -0.2) is 31.2 Å². The number of benzene rings is 1. The molecule has 0 radical (unpaired) electrons. The first-order valence-electron chi connectivity index (χ1n) is 8.33. The third-order valence-electron chi connectivity index (χ3n) is 3.82. The number of nitrogens with zero attached hydrogens (tertiary/aromatic N) is 6. The van der Waals surface area contributed by atoms with Crippen molar-refractivity contribution in [3.63, 3.8) is 0 Å². The summed E-state index contributed by atoms with van der Waals surface area (Å²) in [4.78, 5) is 13.0. The Kier molecular flexibility index (Phi) is 4.33. The second kappa shape index (κ2) is 7.09. The van der Waals surface area contributed by atoms with Crippen molar-refractivity contribution in [2.24, 2.45) is 0 Å². The van der Waals surface area contributed by atoms with Gasteiger partial charge in [-0.15, -0.1) is 5.10 Å². The molecule has 27 heavy (non-hydrogen) atoms. The van der Waals surface area contributed by atoms with Crippen molar-refractivity contribution in [1.82, 2.24) is 24.6 Å². The molecule has 0 aliphatic carbocycles. The molecule has 0 aliphatic rings. The smallest absolute Gasteiger partial charge is 0.247 e. The van der Waals surface area contributed by atoms with E-state index in [2.05, 4.69) is 31.4 Å². The Morgan fingerprint density at radius 2 is 2.07 bits per heavy atom. The number of hydrogen-bond acceptors (Lipinski definition) is 7. The van der Waals surface area contributed by atoms with E-state index in [0.717, 1.165) is 11.4 Å². The molecule has 0 fully saturated rings. The lowest BCUT2D eigenvalue weighted by molar-refractivity contribution is 0.340. The van der Waals surface area contributed by atoms with Gasteiger partial charge in [-0.25, -0.2) is 4.52 Å². The summed E-state index contributed by atoms with van der Waals surface area (Å²) in [7, 11) is 0. The number of pyridine rings is 1. The summed E-state index contributed by atoms with van der Waals surface area (Å²) in [6.45, 7) is 2.57. The van der Waals surface area contributed by atoms with Crippen LogP contribution in [0.3, 0.4) is 0 Å². The van der Waals surface area contributed by atoms with Crippen LogP contribution in [0.1, 0.15) is 12.5 Å². The third kappa shape index (κ3) is 3.39. The van der Waals surface area contributed by atoms with E-state index in [-0.39, 0.29) is 0 Å². The molecule has 0 atom stereocenters. The minimum absolute atomic E-state index is 0.442. The number of aromatic nitrogens is 5. The van der Waals surface area contributed by atoms with Crippen LogP contribution < -0.4 is 10.1 Å². The van der Waals surface area contributed by atoms with Gasteiger partial charge in [0.05, 0.1) is 12.2 Å². The summed E-state index contributed by atoms with van der Waals surface area (Å²) in [5, 5.41) is 16.7. The summed E-state index contributed by atoms with van der Waals surface area (Å²) >= 11 is 0. The number of rotatable bonds is 5. The van der Waals surface area contributed by atoms with Crippen molar-refractivity contribution in [2.75, 3.05) is 11.9 Å². The first-order chi connectivity index (χ1) is 13.3. The van der Waals surface area contributed by atoms with Gasteiger partial charge in [0.2, 0.25) is 5.95 Å². The molecular formula is C19H15N7O. The van der Waals surface area contributed by atoms with E-state index >= 15 is 0 Å². The molecule has 4 rings (SSSR count). The highest BCUT2D eigenvalue weighted by Gasteiger charge is 2.12. The molecule has 8 heteroatoms. The van der Waals surface area contributed by atoms with E-state index in [4.69, 9.17) is 10.00 Å². The lowest BCUT2D eigenvalue weighted by Crippen LogP contribution is -1.95. The zero-order chi connectivity index (χ0) is 18.6. The Labute approximate surface area is 155 Å². The molecule has 0 unspecified atom stereocenters. The monoisotopic (exact) mass is 357 g/mol. The van der Waals surface area contributed by atoms with Crippen molar-refractivity contribution in [2.45, 2.75) is 6.92 Å². The van der Waals surface area contributed by atoms with E-state index in [9.17, 15) is 0 Å². The molecule has 1 aromatic carbocycles. The highest BCUT2D eigenvalue weighted by atomic mass is 16.5. The van der Waals surface area contributed by atoms with Crippen molar-refractivity contribution < 1.29 is 4.74 Å². The van der Waals surface area contributed by atoms with Gasteiger partial charge in [0.1, 0.15) is 17.5 Å². The van der Waals surface area contributed by atoms with E-state index in [0.29, 0.717) is 35.0 Å². The molecular weight excluding hydrogens is 342 g/mol. The fourth-order valence-corrected chi connectivity index (χ4v) is 2.63. The summed E-state index contributed by atoms with van der Waals surface area (Å²) in [5.41, 5.74) is 3.19. The molecule has 4 aromatic rings. The SMILES string of the molecule is CCOc1ccc(Nc2nc3c(-c4cncc(C#N)c4)nccn3n2)cc1. The fraction of sp³-hybridized carbons (Fsp3) is 0.105. The van der Waals surface area contributed by atoms with Crippen molar-refractivity contribution in [3.8, 4) is 23.1 Å². The summed E-state index contributed by atoms with van der Waals surface area (Å²) < 4.78 is 7.08. The summed E-state index contributed by atoms with van der Waals surface area (Å²) in [6, 6.07) is 11.4. The molecule has 8 nitrogen and oxygen atoms in total. The van der Waals surface area contributed by atoms with Gasteiger partial charge in [-0.05, 0) is 37.3 Å². The Hall–Kier alpha value is -3.99. The third-order valence-corrected chi connectivity index (χ3v) is 3.82. The molecule has 1 N–H and O–H groups in total. The van der Waals surface area contributed by atoms with Gasteiger partial charge in [-0.2, -0.15) is 10.2 Å². The minimum atomic E-state index is 0.442. The Bertz CT molecular complexity index is 1130. The summed E-state index contributed by atoms with van der Waals surface area (Å²) in [6.07, 6.45) is 6.51. The first-order valence-corrected chi connectivity index (χ1v) is 8.33.